The molecule has 0 fully saturated rings. The van der Waals surface area contributed by atoms with Gasteiger partial charge in [-0.1, -0.05) is 162 Å². The van der Waals surface area contributed by atoms with Gasteiger partial charge in [0.2, 0.25) is 0 Å². The molecule has 0 bridgehead atoms. The van der Waals surface area contributed by atoms with Crippen molar-refractivity contribution < 1.29 is 0 Å². The predicted molar refractivity (Wildman–Crippen MR) is 237 cm³/mol. The van der Waals surface area contributed by atoms with Crippen molar-refractivity contribution in [3.8, 4) is 33.4 Å². The molecule has 2 aliphatic rings. The lowest BCUT2D eigenvalue weighted by Gasteiger charge is -2.29. The first-order valence-electron chi connectivity index (χ1n) is 19.6. The van der Waals surface area contributed by atoms with Gasteiger partial charge in [-0.3, -0.25) is 0 Å². The Morgan fingerprint density at radius 1 is 0.455 bits per heavy atom. The lowest BCUT2D eigenvalue weighted by molar-refractivity contribution is 0.661. The maximum absolute atomic E-state index is 4.52. The highest BCUT2D eigenvalue weighted by molar-refractivity contribution is 6.34. The Kier molecular flexibility index (Phi) is 6.53. The Balaban J connectivity index is 1.45. The van der Waals surface area contributed by atoms with Gasteiger partial charge in [-0.2, -0.15) is 0 Å². The molecule has 0 radical (unpaired) electrons. The van der Waals surface area contributed by atoms with Gasteiger partial charge in [0.25, 0.3) is 0 Å². The van der Waals surface area contributed by atoms with Gasteiger partial charge in [0.05, 0.1) is 0 Å². The fourth-order valence-corrected chi connectivity index (χ4v) is 10.8. The second kappa shape index (κ2) is 11.2. The predicted octanol–water partition coefficient (Wildman–Crippen LogP) is 15.0. The van der Waals surface area contributed by atoms with E-state index in [1.165, 1.54) is 121 Å². The SMILES string of the molecule is C=CC1=C(c2ccccc2C)c2c(c3cc(-c4ccccc4)cc4c5c(c6cc(-c7ccccc7)cc2c6c43)C(C)(C)c2ccc3ccccc3c2-5)C1(C)C. The van der Waals surface area contributed by atoms with Crippen molar-refractivity contribution in [1.82, 2.24) is 0 Å². The minimum atomic E-state index is -0.299. The van der Waals surface area contributed by atoms with E-state index in [2.05, 4.69) is 193 Å². The van der Waals surface area contributed by atoms with Crippen LogP contribution in [0.1, 0.15) is 61.1 Å². The zero-order valence-corrected chi connectivity index (χ0v) is 32.1. The first kappa shape index (κ1) is 32.2. The molecule has 0 amide bonds. The third-order valence-electron chi connectivity index (χ3n) is 13.2. The molecule has 0 heteroatoms. The van der Waals surface area contributed by atoms with Gasteiger partial charge < -0.3 is 0 Å². The fraction of sp³-hybridized carbons (Fsp3) is 0.127. The van der Waals surface area contributed by atoms with Crippen LogP contribution in [0.15, 0.2) is 164 Å². The molecule has 0 aromatic heterocycles. The largest absolute Gasteiger partial charge is 0.0987 e. The highest BCUT2D eigenvalue weighted by Gasteiger charge is 2.44. The number of aryl methyl sites for hydroxylation is 1. The average molecular weight is 703 g/mol. The Labute approximate surface area is 323 Å². The second-order valence-electron chi connectivity index (χ2n) is 16.9. The van der Waals surface area contributed by atoms with Gasteiger partial charge >= 0.3 is 0 Å². The third-order valence-corrected chi connectivity index (χ3v) is 13.2. The normalized spacial score (nSPS) is 15.3. The number of hydrogen-bond donors (Lipinski definition) is 0. The molecule has 11 rings (SSSR count). The zero-order valence-electron chi connectivity index (χ0n) is 32.1. The third kappa shape index (κ3) is 4.18. The Hall–Kier alpha value is -6.24. The molecule has 0 N–H and O–H groups in total. The van der Waals surface area contributed by atoms with E-state index in [0.717, 1.165) is 0 Å². The van der Waals surface area contributed by atoms with Crippen LogP contribution in [-0.2, 0) is 10.8 Å². The molecule has 0 aliphatic heterocycles. The summed E-state index contributed by atoms with van der Waals surface area (Å²) in [5.41, 5.74) is 18.0. The van der Waals surface area contributed by atoms with E-state index in [1.807, 2.05) is 0 Å². The van der Waals surface area contributed by atoms with Crippen molar-refractivity contribution in [2.24, 2.45) is 0 Å². The Morgan fingerprint density at radius 3 is 1.60 bits per heavy atom. The maximum Gasteiger partial charge on any atom is 0.0165 e. The standard InChI is InChI=1S/C55H42/c1-7-44-48(38-24-16-14-18-32(38)2)50-40-28-36(33-19-10-8-11-20-33)31-43-46(40)47-41(29-37(34-21-12-9-13-22-34)30-42(47)52(50)54(44,3)4)51-49-39-25-17-15-23-35(39)26-27-45(49)55(5,6)53(43)51/h7-31H,1H2,2-6H3. The number of rotatable bonds is 4. The van der Waals surface area contributed by atoms with E-state index >= 15 is 0 Å². The van der Waals surface area contributed by atoms with Gasteiger partial charge in [-0.25, -0.2) is 0 Å². The molecular weight excluding hydrogens is 661 g/mol. The van der Waals surface area contributed by atoms with E-state index in [-0.39, 0.29) is 10.8 Å². The van der Waals surface area contributed by atoms with Crippen LogP contribution in [0.4, 0.5) is 0 Å². The minimum Gasteiger partial charge on any atom is -0.0987 e. The zero-order chi connectivity index (χ0) is 37.4. The maximum atomic E-state index is 4.52. The average Bonchev–Trinajstić information content (AvgIpc) is 3.61. The number of benzene rings is 9. The highest BCUT2D eigenvalue weighted by Crippen LogP contribution is 2.62. The first-order chi connectivity index (χ1) is 26.7. The summed E-state index contributed by atoms with van der Waals surface area (Å²) in [6, 6.07) is 54.7. The molecule has 9 aromatic carbocycles. The topological polar surface area (TPSA) is 0 Å². The van der Waals surface area contributed by atoms with Crippen molar-refractivity contribution in [3.05, 3.63) is 197 Å². The van der Waals surface area contributed by atoms with Crippen LogP contribution < -0.4 is 0 Å². The molecular formula is C55H42. The van der Waals surface area contributed by atoms with Gasteiger partial charge in [0, 0.05) is 10.8 Å². The van der Waals surface area contributed by atoms with Crippen molar-refractivity contribution in [1.29, 1.82) is 0 Å². The number of allylic oxidation sites excluding steroid dienone is 2. The van der Waals surface area contributed by atoms with Crippen LogP contribution >= 0.6 is 0 Å². The van der Waals surface area contributed by atoms with Gasteiger partial charge in [-0.05, 0) is 152 Å². The van der Waals surface area contributed by atoms with Crippen LogP contribution in [0.3, 0.4) is 0 Å². The van der Waals surface area contributed by atoms with E-state index in [9.17, 15) is 0 Å². The van der Waals surface area contributed by atoms with E-state index in [1.54, 1.807) is 0 Å². The molecule has 0 nitrogen and oxygen atoms in total. The van der Waals surface area contributed by atoms with Crippen LogP contribution in [0.5, 0.6) is 0 Å². The summed E-state index contributed by atoms with van der Waals surface area (Å²) in [6.07, 6.45) is 2.15. The first-order valence-corrected chi connectivity index (χ1v) is 19.6. The van der Waals surface area contributed by atoms with Crippen LogP contribution in [-0.4, -0.2) is 0 Å². The second-order valence-corrected chi connectivity index (χ2v) is 16.9. The number of fused-ring (bicyclic) bond motifs is 10. The summed E-state index contributed by atoms with van der Waals surface area (Å²) in [5, 5.41) is 10.8. The molecule has 0 saturated carbocycles. The van der Waals surface area contributed by atoms with Crippen LogP contribution in [0.25, 0.3) is 82.0 Å². The molecule has 0 atom stereocenters. The molecule has 0 heterocycles. The molecule has 2 aliphatic carbocycles. The summed E-state index contributed by atoms with van der Waals surface area (Å²) in [5.74, 6) is 0. The fourth-order valence-electron chi connectivity index (χ4n) is 10.8. The van der Waals surface area contributed by atoms with Crippen molar-refractivity contribution in [2.75, 3.05) is 0 Å². The van der Waals surface area contributed by atoms with Crippen molar-refractivity contribution in [3.63, 3.8) is 0 Å². The van der Waals surface area contributed by atoms with Crippen molar-refractivity contribution in [2.45, 2.75) is 45.4 Å². The van der Waals surface area contributed by atoms with Crippen LogP contribution in [0, 0.1) is 6.92 Å². The van der Waals surface area contributed by atoms with E-state index in [0.29, 0.717) is 0 Å². The molecule has 0 saturated heterocycles. The minimum absolute atomic E-state index is 0.233. The molecule has 55 heavy (non-hydrogen) atoms. The summed E-state index contributed by atoms with van der Waals surface area (Å²) >= 11 is 0. The molecule has 9 aromatic rings. The summed E-state index contributed by atoms with van der Waals surface area (Å²) in [7, 11) is 0. The van der Waals surface area contributed by atoms with E-state index < -0.39 is 0 Å². The lowest BCUT2D eigenvalue weighted by Crippen LogP contribution is -2.18. The Morgan fingerprint density at radius 2 is 0.982 bits per heavy atom. The number of hydrogen-bond acceptors (Lipinski definition) is 0. The summed E-state index contributed by atoms with van der Waals surface area (Å²) in [4.78, 5) is 0. The van der Waals surface area contributed by atoms with Gasteiger partial charge in [0.1, 0.15) is 0 Å². The molecule has 262 valence electrons. The monoisotopic (exact) mass is 702 g/mol. The molecule has 0 spiro atoms. The lowest BCUT2D eigenvalue weighted by atomic mass is 9.73. The van der Waals surface area contributed by atoms with Gasteiger partial charge in [-0.15, -0.1) is 0 Å². The summed E-state index contributed by atoms with van der Waals surface area (Å²) < 4.78 is 0. The molecule has 0 unspecified atom stereocenters. The quantitative estimate of drug-likeness (QED) is 0.160. The van der Waals surface area contributed by atoms with E-state index in [4.69, 9.17) is 0 Å². The van der Waals surface area contributed by atoms with Crippen molar-refractivity contribution >= 4 is 48.7 Å². The summed E-state index contributed by atoms with van der Waals surface area (Å²) in [6.45, 7) is 16.5. The smallest absolute Gasteiger partial charge is 0.0165 e. The Bertz CT molecular complexity index is 3130. The van der Waals surface area contributed by atoms with Gasteiger partial charge in [0.15, 0.2) is 0 Å². The highest BCUT2D eigenvalue weighted by atomic mass is 14.5. The van der Waals surface area contributed by atoms with Crippen LogP contribution in [0.2, 0.25) is 0 Å².